The van der Waals surface area contributed by atoms with Gasteiger partial charge in [0.1, 0.15) is 0 Å². The van der Waals surface area contributed by atoms with E-state index in [1.54, 1.807) is 26.4 Å². The van der Waals surface area contributed by atoms with Gasteiger partial charge in [0, 0.05) is 17.7 Å². The maximum atomic E-state index is 11.3. The fraction of sp³-hybridized carbons (Fsp3) is 0.0909. The molecule has 1 aliphatic rings. The molecule has 1 aliphatic carbocycles. The smallest absolute Gasteiger partial charge is 0.270 e. The second-order valence-electron chi connectivity index (χ2n) is 6.17. The van der Waals surface area contributed by atoms with Crippen LogP contribution in [0.4, 0.5) is 5.69 Å². The molecule has 0 unspecified atom stereocenters. The van der Waals surface area contributed by atoms with Crippen LogP contribution in [0.5, 0.6) is 11.5 Å². The van der Waals surface area contributed by atoms with Crippen LogP contribution in [0.15, 0.2) is 60.7 Å². The summed E-state index contributed by atoms with van der Waals surface area (Å²) in [6.45, 7) is 0. The molecule has 27 heavy (non-hydrogen) atoms. The Labute approximate surface area is 156 Å². The van der Waals surface area contributed by atoms with Gasteiger partial charge < -0.3 is 9.47 Å². The summed E-state index contributed by atoms with van der Waals surface area (Å²) >= 11 is 0. The van der Waals surface area contributed by atoms with Gasteiger partial charge in [0.2, 0.25) is 0 Å². The fourth-order valence-corrected chi connectivity index (χ4v) is 3.54. The van der Waals surface area contributed by atoms with E-state index in [9.17, 15) is 10.1 Å². The van der Waals surface area contributed by atoms with Crippen LogP contribution in [0.1, 0.15) is 16.7 Å². The Balaban J connectivity index is 1.98. The van der Waals surface area contributed by atoms with Crippen molar-refractivity contribution in [2.24, 2.45) is 0 Å². The van der Waals surface area contributed by atoms with Crippen molar-refractivity contribution in [3.8, 4) is 22.6 Å². The predicted molar refractivity (Wildman–Crippen MR) is 105 cm³/mol. The minimum atomic E-state index is -0.368. The SMILES string of the molecule is COc1cccc(C=C2c3ccccc3-c3ccc([N+](=O)[O-])cc32)c1OC. The molecule has 3 aromatic rings. The lowest BCUT2D eigenvalue weighted by Crippen LogP contribution is -1.93. The van der Waals surface area contributed by atoms with Crippen molar-refractivity contribution < 1.29 is 14.4 Å². The van der Waals surface area contributed by atoms with E-state index in [1.807, 2.05) is 54.6 Å². The fourth-order valence-electron chi connectivity index (χ4n) is 3.54. The van der Waals surface area contributed by atoms with Gasteiger partial charge in [-0.15, -0.1) is 0 Å². The molecule has 0 atom stereocenters. The second kappa shape index (κ2) is 6.61. The summed E-state index contributed by atoms with van der Waals surface area (Å²) in [7, 11) is 3.19. The van der Waals surface area contributed by atoms with Gasteiger partial charge in [-0.2, -0.15) is 0 Å². The van der Waals surface area contributed by atoms with Gasteiger partial charge in [-0.25, -0.2) is 0 Å². The van der Waals surface area contributed by atoms with Crippen molar-refractivity contribution in [3.05, 3.63) is 87.5 Å². The normalized spacial score (nSPS) is 13.2. The third-order valence-electron chi connectivity index (χ3n) is 4.74. The monoisotopic (exact) mass is 359 g/mol. The molecule has 0 aliphatic heterocycles. The van der Waals surface area contributed by atoms with Crippen molar-refractivity contribution >= 4 is 17.3 Å². The third-order valence-corrected chi connectivity index (χ3v) is 4.74. The Morgan fingerprint density at radius 1 is 0.852 bits per heavy atom. The summed E-state index contributed by atoms with van der Waals surface area (Å²) in [6, 6.07) is 18.7. The topological polar surface area (TPSA) is 61.6 Å². The summed E-state index contributed by atoms with van der Waals surface area (Å²) < 4.78 is 10.9. The molecular weight excluding hydrogens is 342 g/mol. The van der Waals surface area contributed by atoms with Gasteiger partial charge in [-0.3, -0.25) is 10.1 Å². The molecule has 5 heteroatoms. The number of hydrogen-bond donors (Lipinski definition) is 0. The van der Waals surface area contributed by atoms with Crippen LogP contribution in [0.3, 0.4) is 0 Å². The molecule has 0 amide bonds. The number of fused-ring (bicyclic) bond motifs is 3. The number of non-ortho nitro benzene ring substituents is 1. The van der Waals surface area contributed by atoms with E-state index in [0.29, 0.717) is 11.5 Å². The zero-order chi connectivity index (χ0) is 19.0. The molecule has 0 aromatic heterocycles. The predicted octanol–water partition coefficient (Wildman–Crippen LogP) is 5.18. The molecule has 0 bridgehead atoms. The van der Waals surface area contributed by atoms with Crippen molar-refractivity contribution in [1.82, 2.24) is 0 Å². The largest absolute Gasteiger partial charge is 0.493 e. The van der Waals surface area contributed by atoms with Gasteiger partial charge in [0.05, 0.1) is 19.1 Å². The Bertz CT molecular complexity index is 1090. The van der Waals surface area contributed by atoms with Gasteiger partial charge in [0.15, 0.2) is 11.5 Å². The molecule has 0 saturated heterocycles. The molecule has 0 fully saturated rings. The first-order chi connectivity index (χ1) is 13.1. The van der Waals surface area contributed by atoms with E-state index in [2.05, 4.69) is 0 Å². The van der Waals surface area contributed by atoms with E-state index < -0.39 is 0 Å². The maximum Gasteiger partial charge on any atom is 0.270 e. The third kappa shape index (κ3) is 2.73. The number of ether oxygens (including phenoxy) is 2. The summed E-state index contributed by atoms with van der Waals surface area (Å²) in [6.07, 6.45) is 2.00. The van der Waals surface area contributed by atoms with Crippen LogP contribution in [0.2, 0.25) is 0 Å². The van der Waals surface area contributed by atoms with Gasteiger partial charge in [-0.1, -0.05) is 36.4 Å². The zero-order valence-corrected chi connectivity index (χ0v) is 14.9. The van der Waals surface area contributed by atoms with Crippen LogP contribution >= 0.6 is 0 Å². The highest BCUT2D eigenvalue weighted by atomic mass is 16.6. The Kier molecular flexibility index (Phi) is 4.12. The van der Waals surface area contributed by atoms with Crippen LogP contribution < -0.4 is 9.47 Å². The molecule has 0 radical (unpaired) electrons. The molecule has 0 heterocycles. The van der Waals surface area contributed by atoms with Crippen LogP contribution in [0, 0.1) is 10.1 Å². The Morgan fingerprint density at radius 3 is 2.30 bits per heavy atom. The lowest BCUT2D eigenvalue weighted by Gasteiger charge is -2.11. The molecular formula is C22H17NO4. The van der Waals surface area contributed by atoms with Crippen molar-refractivity contribution in [3.63, 3.8) is 0 Å². The maximum absolute atomic E-state index is 11.3. The van der Waals surface area contributed by atoms with Crippen molar-refractivity contribution in [1.29, 1.82) is 0 Å². The first-order valence-corrected chi connectivity index (χ1v) is 8.45. The molecule has 3 aromatic carbocycles. The number of methoxy groups -OCH3 is 2. The lowest BCUT2D eigenvalue weighted by molar-refractivity contribution is -0.384. The zero-order valence-electron chi connectivity index (χ0n) is 14.9. The number of nitrogens with zero attached hydrogens (tertiary/aromatic N) is 1. The van der Waals surface area contributed by atoms with Crippen molar-refractivity contribution in [2.45, 2.75) is 0 Å². The first kappa shape index (κ1) is 16.8. The molecule has 4 rings (SSSR count). The molecule has 0 saturated carbocycles. The lowest BCUT2D eigenvalue weighted by atomic mass is 10.00. The quantitative estimate of drug-likeness (QED) is 0.372. The highest BCUT2D eigenvalue weighted by Gasteiger charge is 2.25. The molecule has 0 N–H and O–H groups in total. The van der Waals surface area contributed by atoms with Crippen LogP contribution in [0.25, 0.3) is 22.8 Å². The van der Waals surface area contributed by atoms with E-state index in [-0.39, 0.29) is 10.6 Å². The summed E-state index contributed by atoms with van der Waals surface area (Å²) in [5.74, 6) is 1.27. The van der Waals surface area contributed by atoms with E-state index in [0.717, 1.165) is 33.4 Å². The highest BCUT2D eigenvalue weighted by molar-refractivity contribution is 6.07. The van der Waals surface area contributed by atoms with E-state index in [1.165, 1.54) is 0 Å². The number of benzene rings is 3. The molecule has 0 spiro atoms. The average molecular weight is 359 g/mol. The van der Waals surface area contributed by atoms with E-state index >= 15 is 0 Å². The molecule has 5 nitrogen and oxygen atoms in total. The highest BCUT2D eigenvalue weighted by Crippen LogP contribution is 2.47. The minimum absolute atomic E-state index is 0.0741. The average Bonchev–Trinajstić information content (AvgIpc) is 3.01. The van der Waals surface area contributed by atoms with Gasteiger partial charge >= 0.3 is 0 Å². The summed E-state index contributed by atoms with van der Waals surface area (Å²) in [5.41, 5.74) is 5.79. The number of rotatable bonds is 4. The Morgan fingerprint density at radius 2 is 1.59 bits per heavy atom. The Hall–Kier alpha value is -3.60. The molecule has 134 valence electrons. The summed E-state index contributed by atoms with van der Waals surface area (Å²) in [5, 5.41) is 11.3. The van der Waals surface area contributed by atoms with Crippen molar-refractivity contribution in [2.75, 3.05) is 14.2 Å². The number of hydrogen-bond acceptors (Lipinski definition) is 4. The second-order valence-corrected chi connectivity index (χ2v) is 6.17. The standard InChI is InChI=1S/C22H17NO4/c1-26-21-9-5-6-14(22(21)27-2)12-19-17-8-4-3-7-16(17)18-11-10-15(23(24)25)13-20(18)19/h3-13H,1-2H3. The first-order valence-electron chi connectivity index (χ1n) is 8.45. The minimum Gasteiger partial charge on any atom is -0.493 e. The number of nitro groups is 1. The van der Waals surface area contributed by atoms with Gasteiger partial charge in [0.25, 0.3) is 5.69 Å². The summed E-state index contributed by atoms with van der Waals surface area (Å²) in [4.78, 5) is 10.9. The number of nitro benzene ring substituents is 1. The van der Waals surface area contributed by atoms with E-state index in [4.69, 9.17) is 9.47 Å². The van der Waals surface area contributed by atoms with Gasteiger partial charge in [-0.05, 0) is 46.0 Å². The number of para-hydroxylation sites is 1. The van der Waals surface area contributed by atoms with Crippen LogP contribution in [-0.2, 0) is 0 Å². The van der Waals surface area contributed by atoms with Crippen LogP contribution in [-0.4, -0.2) is 19.1 Å².